The average molecular weight is 554 g/mol. The highest BCUT2D eigenvalue weighted by Crippen LogP contribution is 2.39. The third-order valence-electron chi connectivity index (χ3n) is 7.62. The molecule has 1 aliphatic carbocycles. The second kappa shape index (κ2) is 9.76. The number of hydrogen-bond donors (Lipinski definition) is 0. The number of aromatic nitrogens is 5. The lowest BCUT2D eigenvalue weighted by molar-refractivity contribution is -0.0178. The summed E-state index contributed by atoms with van der Waals surface area (Å²) >= 11 is 1.43. The summed E-state index contributed by atoms with van der Waals surface area (Å²) in [4.78, 5) is 18.8. The number of morpholine rings is 1. The van der Waals surface area contributed by atoms with Crippen molar-refractivity contribution in [2.45, 2.75) is 50.5 Å². The zero-order valence-corrected chi connectivity index (χ0v) is 22.6. The summed E-state index contributed by atoms with van der Waals surface area (Å²) in [5.41, 5.74) is 2.15. The minimum atomic E-state index is -0.669. The van der Waals surface area contributed by atoms with Gasteiger partial charge in [-0.3, -0.25) is 4.68 Å². The van der Waals surface area contributed by atoms with Gasteiger partial charge in [-0.15, -0.1) is 0 Å². The number of anilines is 2. The summed E-state index contributed by atoms with van der Waals surface area (Å²) in [6.45, 7) is 4.66. The van der Waals surface area contributed by atoms with Gasteiger partial charge >= 0.3 is 0 Å². The van der Waals surface area contributed by atoms with E-state index in [1.165, 1.54) is 23.5 Å². The quantitative estimate of drug-likeness (QED) is 0.338. The monoisotopic (exact) mass is 553 g/mol. The third-order valence-corrected chi connectivity index (χ3v) is 8.74. The van der Waals surface area contributed by atoms with E-state index in [0.717, 1.165) is 49.1 Å². The zero-order chi connectivity index (χ0) is 26.7. The van der Waals surface area contributed by atoms with Crippen LogP contribution < -0.4 is 9.80 Å². The topological polar surface area (TPSA) is 81.4 Å². The first-order valence-corrected chi connectivity index (χ1v) is 14.1. The van der Waals surface area contributed by atoms with Crippen molar-refractivity contribution in [3.8, 4) is 11.3 Å². The van der Waals surface area contributed by atoms with Gasteiger partial charge in [0, 0.05) is 50.1 Å². The van der Waals surface area contributed by atoms with Crippen molar-refractivity contribution in [1.82, 2.24) is 24.7 Å². The Bertz CT molecular complexity index is 1520. The van der Waals surface area contributed by atoms with Crippen molar-refractivity contribution in [3.05, 3.63) is 47.8 Å². The van der Waals surface area contributed by atoms with Crippen molar-refractivity contribution >= 4 is 32.8 Å². The van der Waals surface area contributed by atoms with E-state index in [1.807, 2.05) is 17.8 Å². The van der Waals surface area contributed by atoms with Gasteiger partial charge in [-0.05, 0) is 38.3 Å². The predicted molar refractivity (Wildman–Crippen MR) is 144 cm³/mol. The number of fused-ring (bicyclic) bond motifs is 1. The van der Waals surface area contributed by atoms with Crippen molar-refractivity contribution in [1.29, 1.82) is 0 Å². The van der Waals surface area contributed by atoms with Gasteiger partial charge in [-0.2, -0.15) is 15.1 Å². The van der Waals surface area contributed by atoms with E-state index in [1.54, 1.807) is 7.11 Å². The lowest BCUT2D eigenvalue weighted by atomic mass is 10.1. The highest BCUT2D eigenvalue weighted by atomic mass is 32.1. The number of hydrogen-bond acceptors (Lipinski definition) is 9. The Balaban J connectivity index is 1.28. The van der Waals surface area contributed by atoms with Crippen LogP contribution in [-0.2, 0) is 9.47 Å². The van der Waals surface area contributed by atoms with Crippen LogP contribution in [0.25, 0.3) is 21.6 Å². The van der Waals surface area contributed by atoms with E-state index < -0.39 is 11.6 Å². The Hall–Kier alpha value is -3.22. The SMILES string of the molecule is COC1CCN(c2nc3nc(N4C[C@@H](C)O[C@@H](c5cnn(C6CC6)c5)C4)nc(-c4ccc(F)cc4F)c3s2)C1. The molecule has 3 aliphatic rings. The highest BCUT2D eigenvalue weighted by Gasteiger charge is 2.32. The number of nitrogens with zero attached hydrogens (tertiary/aromatic N) is 7. The lowest BCUT2D eigenvalue weighted by Gasteiger charge is -2.36. The van der Waals surface area contributed by atoms with Crippen LogP contribution in [-0.4, -0.2) is 70.2 Å². The van der Waals surface area contributed by atoms with Gasteiger partial charge in [-0.25, -0.2) is 13.8 Å². The molecule has 5 heterocycles. The zero-order valence-electron chi connectivity index (χ0n) is 21.8. The summed E-state index contributed by atoms with van der Waals surface area (Å²) < 4.78 is 43.4. The summed E-state index contributed by atoms with van der Waals surface area (Å²) in [5.74, 6) is -0.854. The molecule has 3 fully saturated rings. The van der Waals surface area contributed by atoms with Gasteiger partial charge in [-0.1, -0.05) is 11.3 Å². The molecule has 39 heavy (non-hydrogen) atoms. The van der Waals surface area contributed by atoms with E-state index in [0.29, 0.717) is 41.1 Å². The molecule has 7 rings (SSSR count). The first-order valence-electron chi connectivity index (χ1n) is 13.3. The third kappa shape index (κ3) is 4.74. The number of ether oxygens (including phenoxy) is 2. The van der Waals surface area contributed by atoms with Crippen molar-refractivity contribution in [3.63, 3.8) is 0 Å². The van der Waals surface area contributed by atoms with Crippen LogP contribution in [0.1, 0.15) is 43.9 Å². The van der Waals surface area contributed by atoms with Gasteiger partial charge in [0.25, 0.3) is 0 Å². The Kier molecular flexibility index (Phi) is 6.20. The molecular weight excluding hydrogens is 524 g/mol. The summed E-state index contributed by atoms with van der Waals surface area (Å²) in [6, 6.07) is 4.06. The molecule has 3 aromatic heterocycles. The molecule has 1 unspecified atom stereocenters. The average Bonchev–Trinajstić information content (AvgIpc) is 3.31. The van der Waals surface area contributed by atoms with E-state index in [2.05, 4.69) is 21.1 Å². The number of halogens is 2. The van der Waals surface area contributed by atoms with Crippen LogP contribution in [0.5, 0.6) is 0 Å². The highest BCUT2D eigenvalue weighted by molar-refractivity contribution is 7.22. The normalized spacial score (nSPS) is 23.7. The molecule has 204 valence electrons. The fourth-order valence-corrected chi connectivity index (χ4v) is 6.44. The molecule has 0 radical (unpaired) electrons. The molecule has 2 saturated heterocycles. The summed E-state index contributed by atoms with van der Waals surface area (Å²) in [7, 11) is 1.72. The Labute approximate surface area is 228 Å². The fourth-order valence-electron chi connectivity index (χ4n) is 5.39. The number of benzene rings is 1. The van der Waals surface area contributed by atoms with E-state index in [4.69, 9.17) is 24.4 Å². The molecule has 2 aliphatic heterocycles. The van der Waals surface area contributed by atoms with Gasteiger partial charge in [0.1, 0.15) is 22.4 Å². The fraction of sp³-hybridized carbons (Fsp3) is 0.481. The second-order valence-corrected chi connectivity index (χ2v) is 11.5. The standard InChI is InChI=1S/C27H29F2N7O2S/c1-15-11-35(14-22(38-15)16-10-30-36(12-16)18-4-5-18)26-31-23(20-6-3-17(28)9-21(20)29)24-25(32-26)33-27(39-24)34-8-7-19(13-34)37-2/h3,6,9-10,12,15,18-19,22H,4-5,7-8,11,13-14H2,1-2H3/t15-,19?,22-/m1/s1. The van der Waals surface area contributed by atoms with Gasteiger partial charge < -0.3 is 19.3 Å². The second-order valence-electron chi connectivity index (χ2n) is 10.6. The molecule has 9 nitrogen and oxygen atoms in total. The maximum Gasteiger partial charge on any atom is 0.228 e. The molecule has 0 N–H and O–H groups in total. The van der Waals surface area contributed by atoms with Gasteiger partial charge in [0.05, 0.1) is 36.7 Å². The predicted octanol–water partition coefficient (Wildman–Crippen LogP) is 4.75. The van der Waals surface area contributed by atoms with Crippen molar-refractivity contribution in [2.24, 2.45) is 0 Å². The molecule has 0 bridgehead atoms. The molecule has 0 amide bonds. The van der Waals surface area contributed by atoms with Gasteiger partial charge in [0.2, 0.25) is 5.95 Å². The van der Waals surface area contributed by atoms with Crippen LogP contribution in [0.3, 0.4) is 0 Å². The van der Waals surface area contributed by atoms with Crippen LogP contribution in [0.4, 0.5) is 19.9 Å². The Morgan fingerprint density at radius 1 is 1.05 bits per heavy atom. The molecular formula is C27H29F2N7O2S. The molecule has 4 aromatic rings. The summed E-state index contributed by atoms with van der Waals surface area (Å²) in [6.07, 6.45) is 7.02. The minimum absolute atomic E-state index is 0.0834. The molecule has 0 spiro atoms. The minimum Gasteiger partial charge on any atom is -0.380 e. The van der Waals surface area contributed by atoms with E-state index >= 15 is 4.39 Å². The van der Waals surface area contributed by atoms with Crippen molar-refractivity contribution in [2.75, 3.05) is 43.1 Å². The van der Waals surface area contributed by atoms with Crippen LogP contribution >= 0.6 is 11.3 Å². The molecule has 12 heteroatoms. The van der Waals surface area contributed by atoms with Crippen LogP contribution in [0.2, 0.25) is 0 Å². The lowest BCUT2D eigenvalue weighted by Crippen LogP contribution is -2.43. The van der Waals surface area contributed by atoms with Crippen LogP contribution in [0.15, 0.2) is 30.6 Å². The first kappa shape index (κ1) is 24.8. The Morgan fingerprint density at radius 3 is 2.69 bits per heavy atom. The van der Waals surface area contributed by atoms with E-state index in [-0.39, 0.29) is 23.9 Å². The number of thiazole rings is 1. The van der Waals surface area contributed by atoms with Gasteiger partial charge in [0.15, 0.2) is 10.8 Å². The Morgan fingerprint density at radius 2 is 1.92 bits per heavy atom. The molecule has 3 atom stereocenters. The number of rotatable bonds is 6. The summed E-state index contributed by atoms with van der Waals surface area (Å²) in [5, 5.41) is 5.32. The van der Waals surface area contributed by atoms with Crippen molar-refractivity contribution < 1.29 is 18.3 Å². The first-order chi connectivity index (χ1) is 18.9. The largest absolute Gasteiger partial charge is 0.380 e. The smallest absolute Gasteiger partial charge is 0.228 e. The molecule has 1 saturated carbocycles. The molecule has 1 aromatic carbocycles. The number of methoxy groups -OCH3 is 1. The van der Waals surface area contributed by atoms with Crippen LogP contribution in [0, 0.1) is 11.6 Å². The maximum absolute atomic E-state index is 15.1. The maximum atomic E-state index is 15.1. The van der Waals surface area contributed by atoms with E-state index in [9.17, 15) is 4.39 Å².